The van der Waals surface area contributed by atoms with E-state index >= 15 is 0 Å². The second-order valence-corrected chi connectivity index (χ2v) is 9.26. The van der Waals surface area contributed by atoms with Gasteiger partial charge in [0.1, 0.15) is 12.7 Å². The first kappa shape index (κ1) is 18.0. The van der Waals surface area contributed by atoms with Crippen LogP contribution in [-0.2, 0) is 23.8 Å². The largest absolute Gasteiger partial charge is 0.472 e. The molecule has 1 saturated carbocycles. The van der Waals surface area contributed by atoms with Crippen LogP contribution in [-0.4, -0.2) is 30.3 Å². The summed E-state index contributed by atoms with van der Waals surface area (Å²) in [5, 5.41) is 0. The van der Waals surface area contributed by atoms with Gasteiger partial charge in [0.15, 0.2) is 0 Å². The number of fused-ring (bicyclic) bond motifs is 2. The Morgan fingerprint density at radius 3 is 2.82 bits per heavy atom. The number of furan rings is 1. The topological polar surface area (TPSA) is 75.0 Å². The van der Waals surface area contributed by atoms with E-state index in [9.17, 15) is 9.59 Å². The van der Waals surface area contributed by atoms with Gasteiger partial charge in [-0.3, -0.25) is 4.79 Å². The Morgan fingerprint density at radius 1 is 1.29 bits per heavy atom. The van der Waals surface area contributed by atoms with Crippen molar-refractivity contribution in [3.05, 3.63) is 35.8 Å². The highest BCUT2D eigenvalue weighted by Gasteiger charge is 2.69. The zero-order chi connectivity index (χ0) is 19.7. The number of carbonyl (C=O) groups excluding carboxylic acids is 2. The zero-order valence-corrected chi connectivity index (χ0v) is 16.5. The maximum atomic E-state index is 12.5. The number of carbonyl (C=O) groups is 2. The summed E-state index contributed by atoms with van der Waals surface area (Å²) in [7, 11) is 0. The lowest BCUT2D eigenvalue weighted by molar-refractivity contribution is -0.165. The fraction of sp³-hybridized carbons (Fsp3) is 0.636. The molecule has 4 aliphatic rings. The fourth-order valence-electron chi connectivity index (χ4n) is 6.39. The number of ether oxygens (including phenoxy) is 3. The van der Waals surface area contributed by atoms with E-state index in [1.54, 1.807) is 12.5 Å². The standard InChI is InChI=1S/C22H26O6/c1-13(23)27-15-8-16-19(24)26-12-22(16)6-5-21(3)20(2,18(22)9-15)10-17(28-21)14-4-7-25-11-14/h4,7-8,11,15,17-18H,5-6,9-10,12H2,1-3H3/t15-,17+,18+,20+,21-,22+/m0/s1. The average molecular weight is 386 g/mol. The van der Waals surface area contributed by atoms with Crippen molar-refractivity contribution >= 4 is 11.9 Å². The molecular weight excluding hydrogens is 360 g/mol. The van der Waals surface area contributed by atoms with Gasteiger partial charge in [-0.25, -0.2) is 4.79 Å². The molecule has 1 spiro atoms. The molecule has 6 heteroatoms. The molecule has 0 radical (unpaired) electrons. The summed E-state index contributed by atoms with van der Waals surface area (Å²) in [5.41, 5.74) is 0.938. The van der Waals surface area contributed by atoms with E-state index in [0.29, 0.717) is 18.6 Å². The van der Waals surface area contributed by atoms with Crippen LogP contribution in [0, 0.1) is 16.7 Å². The molecule has 3 heterocycles. The van der Waals surface area contributed by atoms with E-state index in [0.717, 1.165) is 24.8 Å². The molecule has 1 aromatic heterocycles. The van der Waals surface area contributed by atoms with Crippen molar-refractivity contribution in [1.29, 1.82) is 0 Å². The first-order valence-electron chi connectivity index (χ1n) is 10.0. The molecule has 6 nitrogen and oxygen atoms in total. The number of hydrogen-bond acceptors (Lipinski definition) is 6. The van der Waals surface area contributed by atoms with Crippen molar-refractivity contribution in [2.24, 2.45) is 16.7 Å². The summed E-state index contributed by atoms with van der Waals surface area (Å²) in [6.45, 7) is 6.29. The Labute approximate surface area is 164 Å². The molecule has 0 aromatic carbocycles. The van der Waals surface area contributed by atoms with Gasteiger partial charge >= 0.3 is 11.9 Å². The molecule has 2 aliphatic heterocycles. The van der Waals surface area contributed by atoms with Gasteiger partial charge in [-0.2, -0.15) is 0 Å². The van der Waals surface area contributed by atoms with E-state index in [1.807, 2.05) is 12.1 Å². The van der Waals surface area contributed by atoms with Crippen molar-refractivity contribution in [2.45, 2.75) is 64.3 Å². The van der Waals surface area contributed by atoms with Gasteiger partial charge < -0.3 is 18.6 Å². The molecule has 0 N–H and O–H groups in total. The van der Waals surface area contributed by atoms with Crippen LogP contribution in [0.1, 0.15) is 58.1 Å². The van der Waals surface area contributed by atoms with Gasteiger partial charge in [-0.1, -0.05) is 6.92 Å². The van der Waals surface area contributed by atoms with E-state index in [-0.39, 0.29) is 40.4 Å². The van der Waals surface area contributed by atoms with Crippen LogP contribution >= 0.6 is 0 Å². The van der Waals surface area contributed by atoms with E-state index in [2.05, 4.69) is 13.8 Å². The molecule has 0 unspecified atom stereocenters. The second-order valence-electron chi connectivity index (χ2n) is 9.26. The van der Waals surface area contributed by atoms with Crippen molar-refractivity contribution in [3.63, 3.8) is 0 Å². The van der Waals surface area contributed by atoms with Gasteiger partial charge in [-0.15, -0.1) is 0 Å². The molecule has 28 heavy (non-hydrogen) atoms. The first-order valence-corrected chi connectivity index (χ1v) is 10.0. The predicted octanol–water partition coefficient (Wildman–Crippen LogP) is 3.72. The monoisotopic (exact) mass is 386 g/mol. The lowest BCUT2D eigenvalue weighted by Gasteiger charge is -2.58. The maximum Gasteiger partial charge on any atom is 0.334 e. The summed E-state index contributed by atoms with van der Waals surface area (Å²) in [5.74, 6) is -0.464. The highest BCUT2D eigenvalue weighted by molar-refractivity contribution is 5.93. The van der Waals surface area contributed by atoms with Crippen molar-refractivity contribution in [3.8, 4) is 0 Å². The molecular formula is C22H26O6. The third-order valence-corrected chi connectivity index (χ3v) is 7.97. The molecule has 0 amide bonds. The zero-order valence-electron chi connectivity index (χ0n) is 16.5. The third kappa shape index (κ3) is 2.24. The van der Waals surface area contributed by atoms with Crippen molar-refractivity contribution in [1.82, 2.24) is 0 Å². The lowest BCUT2D eigenvalue weighted by atomic mass is 9.46. The maximum absolute atomic E-state index is 12.5. The SMILES string of the molecule is CC(=O)O[C@H]1C=C2C(=O)OC[C@]23CC[C@]2(C)O[C@@H](c4ccoc4)C[C@]2(C)[C@H]3C1. The predicted molar refractivity (Wildman–Crippen MR) is 98.0 cm³/mol. The van der Waals surface area contributed by atoms with Crippen LogP contribution in [0.5, 0.6) is 0 Å². The fourth-order valence-corrected chi connectivity index (χ4v) is 6.39. The molecule has 5 rings (SSSR count). The summed E-state index contributed by atoms with van der Waals surface area (Å²) < 4.78 is 23.0. The van der Waals surface area contributed by atoms with Gasteiger partial charge in [-0.05, 0) is 50.7 Å². The summed E-state index contributed by atoms with van der Waals surface area (Å²) in [6.07, 6.45) is 8.05. The van der Waals surface area contributed by atoms with Gasteiger partial charge in [0.25, 0.3) is 0 Å². The van der Waals surface area contributed by atoms with E-state index < -0.39 is 6.10 Å². The number of rotatable bonds is 2. The molecule has 2 aliphatic carbocycles. The summed E-state index contributed by atoms with van der Waals surface area (Å²) >= 11 is 0. The minimum atomic E-state index is -0.400. The lowest BCUT2D eigenvalue weighted by Crippen LogP contribution is -2.59. The summed E-state index contributed by atoms with van der Waals surface area (Å²) in [6, 6.07) is 1.96. The van der Waals surface area contributed by atoms with E-state index in [1.165, 1.54) is 6.92 Å². The average Bonchev–Trinajstić information content (AvgIpc) is 3.33. The minimum Gasteiger partial charge on any atom is -0.472 e. The molecule has 1 aromatic rings. The Hall–Kier alpha value is -2.08. The second kappa shape index (κ2) is 5.72. The Morgan fingerprint density at radius 2 is 2.11 bits per heavy atom. The van der Waals surface area contributed by atoms with Crippen LogP contribution in [0.15, 0.2) is 34.7 Å². The van der Waals surface area contributed by atoms with Gasteiger partial charge in [0.2, 0.25) is 0 Å². The van der Waals surface area contributed by atoms with Gasteiger partial charge in [0, 0.05) is 28.9 Å². The quantitative estimate of drug-likeness (QED) is 0.721. The molecule has 6 atom stereocenters. The number of cyclic esters (lactones) is 1. The van der Waals surface area contributed by atoms with E-state index in [4.69, 9.17) is 18.6 Å². The molecule has 150 valence electrons. The normalized spacial score (nSPS) is 44.2. The smallest absolute Gasteiger partial charge is 0.334 e. The highest BCUT2D eigenvalue weighted by atomic mass is 16.6. The molecule has 3 fully saturated rings. The Balaban J connectivity index is 1.57. The van der Waals surface area contributed by atoms with Gasteiger partial charge in [0.05, 0.1) is 24.2 Å². The van der Waals surface area contributed by atoms with Crippen LogP contribution < -0.4 is 0 Å². The summed E-state index contributed by atoms with van der Waals surface area (Å²) in [4.78, 5) is 24.2. The minimum absolute atomic E-state index is 0.0385. The van der Waals surface area contributed by atoms with Crippen LogP contribution in [0.25, 0.3) is 0 Å². The third-order valence-electron chi connectivity index (χ3n) is 7.97. The van der Waals surface area contributed by atoms with Crippen LogP contribution in [0.2, 0.25) is 0 Å². The van der Waals surface area contributed by atoms with Crippen molar-refractivity contribution in [2.75, 3.05) is 6.61 Å². The Bertz CT molecular complexity index is 856. The van der Waals surface area contributed by atoms with Crippen LogP contribution in [0.4, 0.5) is 0 Å². The number of esters is 2. The highest BCUT2D eigenvalue weighted by Crippen LogP contribution is 2.70. The van der Waals surface area contributed by atoms with Crippen LogP contribution in [0.3, 0.4) is 0 Å². The first-order chi connectivity index (χ1) is 13.3. The number of hydrogen-bond donors (Lipinski definition) is 0. The van der Waals surface area contributed by atoms with Crippen molar-refractivity contribution < 1.29 is 28.2 Å². The molecule has 2 saturated heterocycles. The molecule has 0 bridgehead atoms. The Kier molecular flexibility index (Phi) is 3.67.